The van der Waals surface area contributed by atoms with Crippen LogP contribution in [0.3, 0.4) is 0 Å². The highest BCUT2D eigenvalue weighted by atomic mass is 19.4. The summed E-state index contributed by atoms with van der Waals surface area (Å²) in [4.78, 5) is 28.5. The van der Waals surface area contributed by atoms with Crippen molar-refractivity contribution in [3.05, 3.63) is 35.4 Å². The Balaban J connectivity index is 1.67. The van der Waals surface area contributed by atoms with Gasteiger partial charge in [-0.25, -0.2) is 0 Å². The average Bonchev–Trinajstić information content (AvgIpc) is 2.92. The van der Waals surface area contributed by atoms with Gasteiger partial charge in [-0.2, -0.15) is 13.2 Å². The highest BCUT2D eigenvalue weighted by molar-refractivity contribution is 5.84. The molecule has 0 saturated carbocycles. The first-order valence-corrected chi connectivity index (χ1v) is 9.57. The first-order chi connectivity index (χ1) is 12.8. The number of nitrogens with zero attached hydrogens (tertiary/aromatic N) is 2. The van der Waals surface area contributed by atoms with Gasteiger partial charge in [-0.3, -0.25) is 9.59 Å². The first kappa shape index (κ1) is 19.7. The van der Waals surface area contributed by atoms with Crippen LogP contribution in [-0.4, -0.2) is 41.2 Å². The Hall–Kier alpha value is -2.05. The van der Waals surface area contributed by atoms with Crippen LogP contribution in [0.2, 0.25) is 0 Å². The average molecular weight is 382 g/mol. The van der Waals surface area contributed by atoms with Crippen molar-refractivity contribution in [3.8, 4) is 0 Å². The second-order valence-electron chi connectivity index (χ2n) is 7.45. The van der Waals surface area contributed by atoms with E-state index in [1.54, 1.807) is 6.07 Å². The molecule has 2 heterocycles. The van der Waals surface area contributed by atoms with Gasteiger partial charge in [0.2, 0.25) is 11.8 Å². The van der Waals surface area contributed by atoms with Gasteiger partial charge in [0.15, 0.2) is 0 Å². The molecule has 0 aliphatic carbocycles. The van der Waals surface area contributed by atoms with Crippen molar-refractivity contribution in [2.45, 2.75) is 51.2 Å². The maximum absolute atomic E-state index is 12.9. The van der Waals surface area contributed by atoms with Crippen molar-refractivity contribution in [1.82, 2.24) is 9.80 Å². The molecule has 0 unspecified atom stereocenters. The van der Waals surface area contributed by atoms with Gasteiger partial charge in [0.05, 0.1) is 11.5 Å². The van der Waals surface area contributed by atoms with Crippen molar-refractivity contribution in [2.24, 2.45) is 5.92 Å². The number of rotatable bonds is 3. The van der Waals surface area contributed by atoms with Crippen molar-refractivity contribution < 1.29 is 22.8 Å². The van der Waals surface area contributed by atoms with Gasteiger partial charge in [-0.15, -0.1) is 0 Å². The summed E-state index contributed by atoms with van der Waals surface area (Å²) >= 11 is 0. The molecule has 0 aromatic heterocycles. The molecule has 2 aliphatic rings. The molecule has 1 atom stereocenters. The van der Waals surface area contributed by atoms with E-state index in [1.165, 1.54) is 11.0 Å². The Morgan fingerprint density at radius 3 is 2.48 bits per heavy atom. The molecule has 2 amide bonds. The minimum atomic E-state index is -4.41. The molecule has 0 bridgehead atoms. The lowest BCUT2D eigenvalue weighted by Gasteiger charge is -2.34. The summed E-state index contributed by atoms with van der Waals surface area (Å²) in [6, 6.07) is 5.04. The van der Waals surface area contributed by atoms with E-state index in [0.29, 0.717) is 12.0 Å². The lowest BCUT2D eigenvalue weighted by Crippen LogP contribution is -2.47. The summed E-state index contributed by atoms with van der Waals surface area (Å²) in [6.45, 7) is 1.91. The molecule has 2 fully saturated rings. The van der Waals surface area contributed by atoms with E-state index in [9.17, 15) is 22.8 Å². The Morgan fingerprint density at radius 2 is 1.81 bits per heavy atom. The number of hydrogen-bond donors (Lipinski definition) is 0. The van der Waals surface area contributed by atoms with Gasteiger partial charge in [0.1, 0.15) is 0 Å². The second kappa shape index (κ2) is 8.31. The summed E-state index contributed by atoms with van der Waals surface area (Å²) < 4.78 is 38.7. The summed E-state index contributed by atoms with van der Waals surface area (Å²) in [5, 5.41) is 0. The lowest BCUT2D eigenvalue weighted by molar-refractivity contribution is -0.143. The van der Waals surface area contributed by atoms with Gasteiger partial charge in [0, 0.05) is 32.6 Å². The zero-order valence-corrected chi connectivity index (χ0v) is 15.3. The number of amides is 2. The van der Waals surface area contributed by atoms with Crippen molar-refractivity contribution in [2.75, 3.05) is 19.6 Å². The Bertz CT molecular complexity index is 682. The smallest absolute Gasteiger partial charge is 0.342 e. The van der Waals surface area contributed by atoms with E-state index < -0.39 is 11.7 Å². The molecule has 148 valence electrons. The van der Waals surface area contributed by atoms with Crippen LogP contribution < -0.4 is 0 Å². The third-order valence-corrected chi connectivity index (χ3v) is 5.39. The quantitative estimate of drug-likeness (QED) is 0.797. The normalized spacial score (nSPS) is 21.9. The minimum absolute atomic E-state index is 0.0819. The number of benzene rings is 1. The number of carbonyl (C=O) groups is 2. The van der Waals surface area contributed by atoms with E-state index in [-0.39, 0.29) is 37.2 Å². The van der Waals surface area contributed by atoms with Gasteiger partial charge in [0.25, 0.3) is 0 Å². The molecular formula is C20H25F3N2O2. The molecular weight excluding hydrogens is 357 g/mol. The van der Waals surface area contributed by atoms with Crippen LogP contribution >= 0.6 is 0 Å². The highest BCUT2D eigenvalue weighted by Crippen LogP contribution is 2.30. The molecule has 3 rings (SSSR count). The predicted molar refractivity (Wildman–Crippen MR) is 94.6 cm³/mol. The van der Waals surface area contributed by atoms with E-state index in [2.05, 4.69) is 0 Å². The Labute approximate surface area is 157 Å². The fourth-order valence-corrected chi connectivity index (χ4v) is 3.88. The first-order valence-electron chi connectivity index (χ1n) is 9.57. The molecule has 7 heteroatoms. The van der Waals surface area contributed by atoms with Gasteiger partial charge < -0.3 is 9.80 Å². The molecule has 2 aliphatic heterocycles. The molecule has 27 heavy (non-hydrogen) atoms. The van der Waals surface area contributed by atoms with Gasteiger partial charge in [-0.05, 0) is 37.0 Å². The zero-order chi connectivity index (χ0) is 19.4. The standard InChI is InChI=1S/C20H25F3N2O2/c21-20(22,23)17-7-5-6-15(12-17)13-25-14-16(8-9-18(25)26)19(27)24-10-3-1-2-4-11-24/h5-7,12,16H,1-4,8-11,13-14H2/t16-/m1/s1. The number of hydrogen-bond acceptors (Lipinski definition) is 2. The maximum Gasteiger partial charge on any atom is 0.416 e. The van der Waals surface area contributed by atoms with Crippen molar-refractivity contribution >= 4 is 11.8 Å². The SMILES string of the molecule is O=C1CC[C@@H](C(=O)N2CCCCCC2)CN1Cc1cccc(C(F)(F)F)c1. The third kappa shape index (κ3) is 5.02. The van der Waals surface area contributed by atoms with Crippen LogP contribution in [0.15, 0.2) is 24.3 Å². The summed E-state index contributed by atoms with van der Waals surface area (Å²) in [6.07, 6.45) is 0.656. The molecule has 1 aromatic carbocycles. The van der Waals surface area contributed by atoms with Crippen LogP contribution in [0, 0.1) is 5.92 Å². The molecule has 0 spiro atoms. The molecule has 0 radical (unpaired) electrons. The molecule has 2 saturated heterocycles. The topological polar surface area (TPSA) is 40.6 Å². The largest absolute Gasteiger partial charge is 0.416 e. The zero-order valence-electron chi connectivity index (χ0n) is 15.3. The van der Waals surface area contributed by atoms with E-state index >= 15 is 0 Å². The minimum Gasteiger partial charge on any atom is -0.342 e. The van der Waals surface area contributed by atoms with Crippen molar-refractivity contribution in [3.63, 3.8) is 0 Å². The maximum atomic E-state index is 12.9. The number of carbonyl (C=O) groups excluding carboxylic acids is 2. The van der Waals surface area contributed by atoms with Crippen LogP contribution in [-0.2, 0) is 22.3 Å². The molecule has 4 nitrogen and oxygen atoms in total. The summed E-state index contributed by atoms with van der Waals surface area (Å²) in [5.41, 5.74) is -0.289. The van der Waals surface area contributed by atoms with Gasteiger partial charge >= 0.3 is 6.18 Å². The summed E-state index contributed by atoms with van der Waals surface area (Å²) in [5.74, 6) is -0.280. The number of halogens is 3. The van der Waals surface area contributed by atoms with Crippen LogP contribution in [0.25, 0.3) is 0 Å². The lowest BCUT2D eigenvalue weighted by atomic mass is 9.95. The molecule has 1 aromatic rings. The Morgan fingerprint density at radius 1 is 1.11 bits per heavy atom. The van der Waals surface area contributed by atoms with Crippen LogP contribution in [0.4, 0.5) is 13.2 Å². The third-order valence-electron chi connectivity index (χ3n) is 5.39. The van der Waals surface area contributed by atoms with Gasteiger partial charge in [-0.1, -0.05) is 25.0 Å². The number of alkyl halides is 3. The Kier molecular flexibility index (Phi) is 6.07. The highest BCUT2D eigenvalue weighted by Gasteiger charge is 2.34. The fraction of sp³-hybridized carbons (Fsp3) is 0.600. The molecule has 0 N–H and O–H groups in total. The predicted octanol–water partition coefficient (Wildman–Crippen LogP) is 3.85. The monoisotopic (exact) mass is 382 g/mol. The van der Waals surface area contributed by atoms with Crippen molar-refractivity contribution in [1.29, 1.82) is 0 Å². The van der Waals surface area contributed by atoms with E-state index in [0.717, 1.165) is 50.9 Å². The van der Waals surface area contributed by atoms with E-state index in [4.69, 9.17) is 0 Å². The summed E-state index contributed by atoms with van der Waals surface area (Å²) in [7, 11) is 0. The van der Waals surface area contributed by atoms with E-state index in [1.807, 2.05) is 4.90 Å². The fourth-order valence-electron chi connectivity index (χ4n) is 3.88. The van der Waals surface area contributed by atoms with Crippen LogP contribution in [0.1, 0.15) is 49.7 Å². The second-order valence-corrected chi connectivity index (χ2v) is 7.45. The number of likely N-dealkylation sites (tertiary alicyclic amines) is 2. The van der Waals surface area contributed by atoms with Crippen LogP contribution in [0.5, 0.6) is 0 Å². The number of piperidine rings is 1.